The maximum atomic E-state index is 14.5. The summed E-state index contributed by atoms with van der Waals surface area (Å²) in [6.45, 7) is 0.799. The van der Waals surface area contributed by atoms with E-state index < -0.39 is 43.6 Å². The first-order valence-corrected chi connectivity index (χ1v) is 8.56. The normalized spacial score (nSPS) is 34.0. The van der Waals surface area contributed by atoms with Crippen molar-refractivity contribution in [2.24, 2.45) is 0 Å². The average Bonchev–Trinajstić information content (AvgIpc) is 2.64. The number of aliphatic hydroxyl groups excluding tert-OH is 1. The van der Waals surface area contributed by atoms with Crippen LogP contribution in [0.2, 0.25) is 0 Å². The van der Waals surface area contributed by atoms with Gasteiger partial charge < -0.3 is 20.1 Å². The predicted octanol–water partition coefficient (Wildman–Crippen LogP) is 0.148. The number of nitrogens with two attached hydrogens (primary N) is 1. The van der Waals surface area contributed by atoms with Gasteiger partial charge in [-0.3, -0.25) is 9.13 Å². The minimum atomic E-state index is -2.76. The molecular weight excluding hydrogens is 324 g/mol. The lowest BCUT2D eigenvalue weighted by molar-refractivity contribution is -0.112. The van der Waals surface area contributed by atoms with Gasteiger partial charge in [0.25, 0.3) is 0 Å². The molecule has 0 bridgehead atoms. The first kappa shape index (κ1) is 16.4. The van der Waals surface area contributed by atoms with Crippen LogP contribution < -0.4 is 11.4 Å². The molecule has 0 aliphatic carbocycles. The number of hydrogen-bond donors (Lipinski definition) is 3. The molecule has 0 aromatic carbocycles. The molecule has 2 unspecified atom stereocenters. The van der Waals surface area contributed by atoms with Crippen LogP contribution in [0, 0.1) is 0 Å². The van der Waals surface area contributed by atoms with Gasteiger partial charge in [-0.1, -0.05) is 12.2 Å². The van der Waals surface area contributed by atoms with Gasteiger partial charge in [-0.05, 0) is 13.0 Å². The number of aromatic nitrogens is 2. The monoisotopic (exact) mass is 339 g/mol. The van der Waals surface area contributed by atoms with E-state index in [0.717, 1.165) is 4.57 Å². The van der Waals surface area contributed by atoms with E-state index in [2.05, 4.69) is 17.2 Å². The first-order chi connectivity index (χ1) is 9.78. The van der Waals surface area contributed by atoms with Crippen molar-refractivity contribution in [3.05, 3.63) is 22.7 Å². The van der Waals surface area contributed by atoms with Gasteiger partial charge in [0.1, 0.15) is 17.5 Å². The van der Waals surface area contributed by atoms with E-state index in [1.165, 1.54) is 19.2 Å². The number of aliphatic hydroxyl groups is 1. The summed E-state index contributed by atoms with van der Waals surface area (Å²) < 4.78 is 36.9. The van der Waals surface area contributed by atoms with Crippen LogP contribution in [0.3, 0.4) is 0 Å². The Morgan fingerprint density at radius 1 is 1.76 bits per heavy atom. The average molecular weight is 339 g/mol. The zero-order chi connectivity index (χ0) is 15.8. The molecule has 1 aromatic heterocycles. The number of hydrogen-bond acceptors (Lipinski definition) is 7. The molecule has 21 heavy (non-hydrogen) atoms. The maximum absolute atomic E-state index is 14.5. The van der Waals surface area contributed by atoms with Crippen molar-refractivity contribution in [3.63, 3.8) is 0 Å². The van der Waals surface area contributed by atoms with E-state index in [1.54, 1.807) is 0 Å². The lowest BCUT2D eigenvalue weighted by Gasteiger charge is -2.27. The van der Waals surface area contributed by atoms with Gasteiger partial charge in [0.05, 0.1) is 6.61 Å². The molecule has 0 amide bonds. The zero-order valence-corrected chi connectivity index (χ0v) is 12.9. The smallest absolute Gasteiger partial charge is 0.351 e. The second-order valence-corrected chi connectivity index (χ2v) is 6.63. The molecule has 3 N–H and O–H groups in total. The summed E-state index contributed by atoms with van der Waals surface area (Å²) in [7, 11) is -2.76. The number of halogens is 1. The number of nitrogens with zero attached hydrogens (tertiary/aromatic N) is 2. The Labute approximate surface area is 125 Å². The summed E-state index contributed by atoms with van der Waals surface area (Å²) in [5.74, 6) is -0.0113. The highest BCUT2D eigenvalue weighted by molar-refractivity contribution is 8.39. The van der Waals surface area contributed by atoms with E-state index in [0.29, 0.717) is 0 Å². The second kappa shape index (κ2) is 6.05. The topological polar surface area (TPSA) is 117 Å². The van der Waals surface area contributed by atoms with Crippen LogP contribution in [0.1, 0.15) is 13.2 Å². The highest BCUT2D eigenvalue weighted by Crippen LogP contribution is 2.45. The summed E-state index contributed by atoms with van der Waals surface area (Å²) in [5.41, 5.74) is 3.09. The number of anilines is 1. The molecule has 0 saturated carbocycles. The lowest BCUT2D eigenvalue weighted by Crippen LogP contribution is -2.43. The maximum Gasteiger partial charge on any atom is 0.351 e. The second-order valence-electron chi connectivity index (χ2n) is 4.77. The molecule has 8 nitrogen and oxygen atoms in total. The van der Waals surface area contributed by atoms with Crippen molar-refractivity contribution in [1.82, 2.24) is 9.55 Å². The third kappa shape index (κ3) is 3.14. The van der Waals surface area contributed by atoms with Crippen molar-refractivity contribution in [3.8, 4) is 0 Å². The summed E-state index contributed by atoms with van der Waals surface area (Å²) >= 11 is 3.60. The van der Waals surface area contributed by atoms with Crippen molar-refractivity contribution in [2.75, 3.05) is 12.3 Å². The Morgan fingerprint density at radius 2 is 2.43 bits per heavy atom. The van der Waals surface area contributed by atoms with Crippen molar-refractivity contribution in [2.45, 2.75) is 31.0 Å². The fourth-order valence-electron chi connectivity index (χ4n) is 2.15. The first-order valence-electron chi connectivity index (χ1n) is 5.95. The van der Waals surface area contributed by atoms with Gasteiger partial charge >= 0.3 is 5.69 Å². The Bertz CT molecular complexity index is 617. The molecule has 11 heteroatoms. The van der Waals surface area contributed by atoms with Gasteiger partial charge in [-0.25, -0.2) is 9.18 Å². The third-order valence-corrected chi connectivity index (χ3v) is 3.99. The SMILES string of the molecule is C[C@]1(CO)O[C@@H](n2ccc(N)nc2=O)[C@@H](F)C1O[PH](=O)S. The van der Waals surface area contributed by atoms with Gasteiger partial charge in [0, 0.05) is 6.20 Å². The van der Waals surface area contributed by atoms with Gasteiger partial charge in [-0.15, -0.1) is 0 Å². The Kier molecular flexibility index (Phi) is 4.74. The minimum Gasteiger partial charge on any atom is -0.393 e. The van der Waals surface area contributed by atoms with Gasteiger partial charge in [-0.2, -0.15) is 4.98 Å². The van der Waals surface area contributed by atoms with Crippen LogP contribution >= 0.6 is 19.5 Å². The van der Waals surface area contributed by atoms with Crippen LogP contribution in [0.25, 0.3) is 0 Å². The van der Waals surface area contributed by atoms with E-state index in [9.17, 15) is 18.9 Å². The number of nitrogen functional groups attached to an aromatic ring is 1. The molecule has 0 radical (unpaired) electrons. The molecule has 1 saturated heterocycles. The van der Waals surface area contributed by atoms with Crippen LogP contribution in [0.5, 0.6) is 0 Å². The summed E-state index contributed by atoms with van der Waals surface area (Å²) in [6.07, 6.45) is -3.32. The van der Waals surface area contributed by atoms with E-state index in [1.807, 2.05) is 0 Å². The Balaban J connectivity index is 2.38. The lowest BCUT2D eigenvalue weighted by atomic mass is 9.99. The van der Waals surface area contributed by atoms with Gasteiger partial charge in [0.2, 0.25) is 7.23 Å². The summed E-state index contributed by atoms with van der Waals surface area (Å²) in [4.78, 5) is 15.2. The molecule has 1 aromatic rings. The standard InChI is InChI=1S/C10H15FN3O5PS/c1-10(4-15)7(19-20(17)21)6(11)8(18-10)14-3-2-5(12)13-9(14)16/h2-3,6-8,15,20H,4H2,1H3,(H,17,21)(H2,12,13,16)/t6-,7?,8+,10+/m0/s1. The number of thiol groups is 1. The number of alkyl halides is 1. The van der Waals surface area contributed by atoms with Crippen molar-refractivity contribution < 1.29 is 23.3 Å². The quantitative estimate of drug-likeness (QED) is 0.528. The van der Waals surface area contributed by atoms with Crippen LogP contribution in [-0.2, 0) is 13.8 Å². The number of ether oxygens (including phenoxy) is 1. The summed E-state index contributed by atoms with van der Waals surface area (Å²) in [5, 5.41) is 9.39. The highest BCUT2D eigenvalue weighted by atomic mass is 32.7. The third-order valence-electron chi connectivity index (χ3n) is 3.22. The Hall–Kier alpha value is -0.930. The van der Waals surface area contributed by atoms with Crippen LogP contribution in [-0.4, -0.2) is 39.1 Å². The van der Waals surface area contributed by atoms with Crippen molar-refractivity contribution >= 4 is 25.3 Å². The largest absolute Gasteiger partial charge is 0.393 e. The van der Waals surface area contributed by atoms with E-state index in [4.69, 9.17) is 15.0 Å². The molecule has 2 rings (SSSR count). The van der Waals surface area contributed by atoms with Crippen molar-refractivity contribution in [1.29, 1.82) is 0 Å². The van der Waals surface area contributed by atoms with Crippen LogP contribution in [0.15, 0.2) is 17.1 Å². The molecule has 1 aliphatic rings. The van der Waals surface area contributed by atoms with E-state index in [-0.39, 0.29) is 5.82 Å². The molecule has 2 heterocycles. The Morgan fingerprint density at radius 3 is 2.95 bits per heavy atom. The fourth-order valence-corrected chi connectivity index (χ4v) is 3.09. The molecule has 1 fully saturated rings. The van der Waals surface area contributed by atoms with E-state index >= 15 is 0 Å². The molecule has 0 spiro atoms. The number of rotatable bonds is 4. The zero-order valence-electron chi connectivity index (χ0n) is 11.0. The summed E-state index contributed by atoms with van der Waals surface area (Å²) in [6, 6.07) is 1.31. The molecule has 118 valence electrons. The minimum absolute atomic E-state index is 0.0113. The predicted molar refractivity (Wildman–Crippen MR) is 76.3 cm³/mol. The fraction of sp³-hybridized carbons (Fsp3) is 0.600. The molecule has 1 aliphatic heterocycles. The molecular formula is C10H15FN3O5PS. The van der Waals surface area contributed by atoms with Gasteiger partial charge in [0.15, 0.2) is 12.4 Å². The molecule has 5 atom stereocenters. The highest BCUT2D eigenvalue weighted by Gasteiger charge is 2.55. The van der Waals surface area contributed by atoms with Crippen LogP contribution in [0.4, 0.5) is 10.2 Å².